The van der Waals surface area contributed by atoms with E-state index in [-0.39, 0.29) is 5.91 Å². The van der Waals surface area contributed by atoms with Gasteiger partial charge in [-0.25, -0.2) is 0 Å². The van der Waals surface area contributed by atoms with E-state index in [2.05, 4.69) is 29.5 Å². The van der Waals surface area contributed by atoms with Crippen molar-refractivity contribution in [1.29, 1.82) is 0 Å². The molecule has 2 rings (SSSR count). The minimum atomic E-state index is -0.155. The van der Waals surface area contributed by atoms with Crippen LogP contribution in [0.5, 0.6) is 5.75 Å². The van der Waals surface area contributed by atoms with Gasteiger partial charge in [0.1, 0.15) is 11.4 Å². The van der Waals surface area contributed by atoms with Crippen molar-refractivity contribution in [3.05, 3.63) is 48.3 Å². The summed E-state index contributed by atoms with van der Waals surface area (Å²) in [5.74, 6) is 1.18. The number of carbonyl (C=O) groups excluding carboxylic acids is 1. The number of amides is 1. The molecule has 0 atom stereocenters. The number of nitrogens with one attached hydrogen (secondary N) is 2. The molecule has 0 fully saturated rings. The highest BCUT2D eigenvalue weighted by molar-refractivity contribution is 5.93. The molecule has 0 unspecified atom stereocenters. The minimum absolute atomic E-state index is 0.155. The number of aromatic nitrogens is 1. The number of carbonyl (C=O) groups is 1. The molecule has 1 amide bonds. The van der Waals surface area contributed by atoms with Crippen LogP contribution in [0.2, 0.25) is 0 Å². The van der Waals surface area contributed by atoms with E-state index in [4.69, 9.17) is 4.74 Å². The maximum atomic E-state index is 12.2. The van der Waals surface area contributed by atoms with Crippen molar-refractivity contribution in [2.45, 2.75) is 27.2 Å². The standard InChI is InChI=1S/C19H25N3O2/c1-4-24-18-8-6-5-7-16(18)22-15-10-12-20-17(13-15)19(23)21-11-9-14(2)3/h5-8,10,12-14H,4,9,11H2,1-3H3,(H,20,22)(H,21,23). The summed E-state index contributed by atoms with van der Waals surface area (Å²) >= 11 is 0. The van der Waals surface area contributed by atoms with Gasteiger partial charge in [0.25, 0.3) is 5.91 Å². The van der Waals surface area contributed by atoms with Gasteiger partial charge in [0.2, 0.25) is 0 Å². The zero-order valence-electron chi connectivity index (χ0n) is 14.5. The monoisotopic (exact) mass is 327 g/mol. The van der Waals surface area contributed by atoms with Crippen LogP contribution >= 0.6 is 0 Å². The Hall–Kier alpha value is -2.56. The van der Waals surface area contributed by atoms with Gasteiger partial charge in [-0.1, -0.05) is 26.0 Å². The van der Waals surface area contributed by atoms with Crippen LogP contribution < -0.4 is 15.4 Å². The predicted molar refractivity (Wildman–Crippen MR) is 96.9 cm³/mol. The van der Waals surface area contributed by atoms with Gasteiger partial charge in [-0.2, -0.15) is 0 Å². The van der Waals surface area contributed by atoms with Gasteiger partial charge < -0.3 is 15.4 Å². The molecule has 1 aromatic heterocycles. The third-order valence-electron chi connectivity index (χ3n) is 3.47. The van der Waals surface area contributed by atoms with Gasteiger partial charge in [0, 0.05) is 18.4 Å². The second kappa shape index (κ2) is 8.91. The molecular formula is C19H25N3O2. The molecular weight excluding hydrogens is 302 g/mol. The maximum absolute atomic E-state index is 12.2. The zero-order chi connectivity index (χ0) is 17.4. The summed E-state index contributed by atoms with van der Waals surface area (Å²) in [6.07, 6.45) is 2.58. The minimum Gasteiger partial charge on any atom is -0.492 e. The van der Waals surface area contributed by atoms with Gasteiger partial charge in [-0.05, 0) is 43.5 Å². The van der Waals surface area contributed by atoms with Crippen LogP contribution in [0.3, 0.4) is 0 Å². The molecule has 5 heteroatoms. The van der Waals surface area contributed by atoms with Gasteiger partial charge >= 0.3 is 0 Å². The third kappa shape index (κ3) is 5.26. The molecule has 0 bridgehead atoms. The van der Waals surface area contributed by atoms with Gasteiger partial charge in [0.05, 0.1) is 12.3 Å². The number of rotatable bonds is 8. The topological polar surface area (TPSA) is 63.2 Å². The molecule has 0 aliphatic rings. The first-order valence-electron chi connectivity index (χ1n) is 8.33. The summed E-state index contributed by atoms with van der Waals surface area (Å²) < 4.78 is 5.60. The first-order chi connectivity index (χ1) is 11.6. The smallest absolute Gasteiger partial charge is 0.269 e. The summed E-state index contributed by atoms with van der Waals surface area (Å²) in [6, 6.07) is 11.3. The van der Waals surface area contributed by atoms with Crippen LogP contribution in [0.1, 0.15) is 37.7 Å². The van der Waals surface area contributed by atoms with Crippen molar-refractivity contribution in [2.24, 2.45) is 5.92 Å². The maximum Gasteiger partial charge on any atom is 0.269 e. The van der Waals surface area contributed by atoms with Crippen molar-refractivity contribution in [3.63, 3.8) is 0 Å². The lowest BCUT2D eigenvalue weighted by atomic mass is 10.1. The molecule has 1 heterocycles. The largest absolute Gasteiger partial charge is 0.492 e. The van der Waals surface area contributed by atoms with Crippen molar-refractivity contribution in [2.75, 3.05) is 18.5 Å². The number of ether oxygens (including phenoxy) is 1. The van der Waals surface area contributed by atoms with E-state index >= 15 is 0 Å². The first kappa shape index (κ1) is 17.8. The Kier molecular flexibility index (Phi) is 6.61. The fraction of sp³-hybridized carbons (Fsp3) is 0.368. The highest BCUT2D eigenvalue weighted by Crippen LogP contribution is 2.27. The van der Waals surface area contributed by atoms with E-state index in [9.17, 15) is 4.79 Å². The SMILES string of the molecule is CCOc1ccccc1Nc1ccnc(C(=O)NCCC(C)C)c1. The Morgan fingerprint density at radius 3 is 2.79 bits per heavy atom. The molecule has 0 radical (unpaired) electrons. The molecule has 5 nitrogen and oxygen atoms in total. The molecule has 0 saturated carbocycles. The summed E-state index contributed by atoms with van der Waals surface area (Å²) in [7, 11) is 0. The summed E-state index contributed by atoms with van der Waals surface area (Å²) in [5.41, 5.74) is 2.06. The first-order valence-corrected chi connectivity index (χ1v) is 8.33. The number of para-hydroxylation sites is 2. The fourth-order valence-corrected chi connectivity index (χ4v) is 2.20. The second-order valence-electron chi connectivity index (χ2n) is 5.92. The Bertz CT molecular complexity index is 671. The predicted octanol–water partition coefficient (Wildman–Crippen LogP) is 4.00. The number of hydrogen-bond acceptors (Lipinski definition) is 4. The third-order valence-corrected chi connectivity index (χ3v) is 3.47. The molecule has 128 valence electrons. The van der Waals surface area contributed by atoms with Crippen molar-refractivity contribution < 1.29 is 9.53 Å². The normalized spacial score (nSPS) is 10.5. The molecule has 0 saturated heterocycles. The number of nitrogens with zero attached hydrogens (tertiary/aromatic N) is 1. The molecule has 0 aliphatic heterocycles. The Balaban J connectivity index is 2.06. The van der Waals surface area contributed by atoms with E-state index < -0.39 is 0 Å². The molecule has 0 aliphatic carbocycles. The average molecular weight is 327 g/mol. The van der Waals surface area contributed by atoms with Crippen LogP contribution in [-0.2, 0) is 0 Å². The van der Waals surface area contributed by atoms with Crippen molar-refractivity contribution in [3.8, 4) is 5.75 Å². The lowest BCUT2D eigenvalue weighted by Crippen LogP contribution is -2.26. The van der Waals surface area contributed by atoms with Crippen LogP contribution in [0.15, 0.2) is 42.6 Å². The summed E-state index contributed by atoms with van der Waals surface area (Å²) in [6.45, 7) is 7.46. The molecule has 2 aromatic rings. The van der Waals surface area contributed by atoms with Crippen LogP contribution in [-0.4, -0.2) is 24.0 Å². The number of anilines is 2. The van der Waals surface area contributed by atoms with Crippen LogP contribution in [0, 0.1) is 5.92 Å². The lowest BCUT2D eigenvalue weighted by Gasteiger charge is -2.13. The van der Waals surface area contributed by atoms with Crippen molar-refractivity contribution >= 4 is 17.3 Å². The van der Waals surface area contributed by atoms with E-state index in [0.29, 0.717) is 24.8 Å². The van der Waals surface area contributed by atoms with Crippen molar-refractivity contribution in [1.82, 2.24) is 10.3 Å². The zero-order valence-corrected chi connectivity index (χ0v) is 14.5. The molecule has 0 spiro atoms. The Morgan fingerprint density at radius 2 is 2.04 bits per heavy atom. The Labute approximate surface area is 143 Å². The summed E-state index contributed by atoms with van der Waals surface area (Å²) in [5, 5.41) is 6.18. The van der Waals surface area contributed by atoms with Crippen LogP contribution in [0.4, 0.5) is 11.4 Å². The lowest BCUT2D eigenvalue weighted by molar-refractivity contribution is 0.0947. The van der Waals surface area contributed by atoms with Gasteiger partial charge in [-0.15, -0.1) is 0 Å². The summed E-state index contributed by atoms with van der Waals surface area (Å²) in [4.78, 5) is 16.3. The quantitative estimate of drug-likeness (QED) is 0.769. The molecule has 24 heavy (non-hydrogen) atoms. The average Bonchev–Trinajstić information content (AvgIpc) is 2.57. The second-order valence-corrected chi connectivity index (χ2v) is 5.92. The molecule has 1 aromatic carbocycles. The van der Waals surface area contributed by atoms with E-state index in [0.717, 1.165) is 23.5 Å². The Morgan fingerprint density at radius 1 is 1.25 bits per heavy atom. The number of pyridine rings is 1. The van der Waals surface area contributed by atoms with Gasteiger partial charge in [-0.3, -0.25) is 9.78 Å². The van der Waals surface area contributed by atoms with Gasteiger partial charge in [0.15, 0.2) is 0 Å². The van der Waals surface area contributed by atoms with E-state index in [1.165, 1.54) is 0 Å². The van der Waals surface area contributed by atoms with Crippen LogP contribution in [0.25, 0.3) is 0 Å². The van der Waals surface area contributed by atoms with E-state index in [1.54, 1.807) is 12.3 Å². The van der Waals surface area contributed by atoms with E-state index in [1.807, 2.05) is 37.3 Å². The molecule has 2 N–H and O–H groups in total. The number of hydrogen-bond donors (Lipinski definition) is 2. The highest BCUT2D eigenvalue weighted by atomic mass is 16.5. The highest BCUT2D eigenvalue weighted by Gasteiger charge is 2.09. The fourth-order valence-electron chi connectivity index (χ4n) is 2.20. The number of benzene rings is 1.